The molecule has 0 aliphatic heterocycles. The zero-order chi connectivity index (χ0) is 14.4. The fraction of sp³-hybridized carbons (Fsp3) is 0.294. The summed E-state index contributed by atoms with van der Waals surface area (Å²) in [6.45, 7) is 2.55. The summed E-state index contributed by atoms with van der Waals surface area (Å²) in [5, 5.41) is 9.58. The van der Waals surface area contributed by atoms with Gasteiger partial charge in [-0.05, 0) is 30.2 Å². The topological polar surface area (TPSA) is 38.7 Å². The van der Waals surface area contributed by atoms with Crippen molar-refractivity contribution in [3.8, 4) is 11.5 Å². The van der Waals surface area contributed by atoms with Gasteiger partial charge in [0.1, 0.15) is 11.5 Å². The first-order valence-electron chi connectivity index (χ1n) is 6.68. The third kappa shape index (κ3) is 3.52. The Morgan fingerprint density at radius 2 is 1.80 bits per heavy atom. The summed E-state index contributed by atoms with van der Waals surface area (Å²) in [5.41, 5.74) is 2.29. The number of rotatable bonds is 6. The molecular formula is C17H20O3. The van der Waals surface area contributed by atoms with Crippen LogP contribution in [0.25, 0.3) is 0 Å². The molecule has 0 bridgehead atoms. The minimum atomic E-state index is -0.0256. The second kappa shape index (κ2) is 6.96. The summed E-state index contributed by atoms with van der Waals surface area (Å²) in [6, 6.07) is 15.5. The van der Waals surface area contributed by atoms with Crippen molar-refractivity contribution in [1.82, 2.24) is 0 Å². The van der Waals surface area contributed by atoms with Gasteiger partial charge >= 0.3 is 0 Å². The van der Waals surface area contributed by atoms with Crippen LogP contribution in [0.4, 0.5) is 0 Å². The Morgan fingerprint density at radius 1 is 1.05 bits per heavy atom. The molecule has 3 nitrogen and oxygen atoms in total. The normalized spacial score (nSPS) is 11.9. The van der Waals surface area contributed by atoms with Gasteiger partial charge in [0, 0.05) is 12.0 Å². The molecule has 106 valence electrons. The molecule has 0 radical (unpaired) electrons. The lowest BCUT2D eigenvalue weighted by atomic mass is 9.96. The predicted octanol–water partition coefficient (Wildman–Crippen LogP) is 3.16. The van der Waals surface area contributed by atoms with Crippen LogP contribution in [0.15, 0.2) is 48.5 Å². The van der Waals surface area contributed by atoms with Gasteiger partial charge in [-0.15, -0.1) is 0 Å². The highest BCUT2D eigenvalue weighted by Crippen LogP contribution is 2.23. The van der Waals surface area contributed by atoms with Crippen LogP contribution in [0, 0.1) is 6.92 Å². The Hall–Kier alpha value is -2.00. The van der Waals surface area contributed by atoms with Crippen LogP contribution in [-0.4, -0.2) is 25.4 Å². The third-order valence-electron chi connectivity index (χ3n) is 3.34. The highest BCUT2D eigenvalue weighted by atomic mass is 16.5. The number of ether oxygens (including phenoxy) is 2. The molecule has 0 fully saturated rings. The van der Waals surface area contributed by atoms with E-state index in [0.717, 1.165) is 17.1 Å². The maximum absolute atomic E-state index is 9.58. The summed E-state index contributed by atoms with van der Waals surface area (Å²) < 4.78 is 10.9. The maximum Gasteiger partial charge on any atom is 0.123 e. The molecule has 0 spiro atoms. The maximum atomic E-state index is 9.58. The van der Waals surface area contributed by atoms with Crippen molar-refractivity contribution in [2.24, 2.45) is 0 Å². The van der Waals surface area contributed by atoms with E-state index >= 15 is 0 Å². The quantitative estimate of drug-likeness (QED) is 0.878. The lowest BCUT2D eigenvalue weighted by Crippen LogP contribution is -2.15. The van der Waals surface area contributed by atoms with E-state index in [9.17, 15) is 5.11 Å². The molecule has 20 heavy (non-hydrogen) atoms. The van der Waals surface area contributed by atoms with Gasteiger partial charge in [-0.3, -0.25) is 0 Å². The summed E-state index contributed by atoms with van der Waals surface area (Å²) in [4.78, 5) is 0. The fourth-order valence-electron chi connectivity index (χ4n) is 2.17. The Bertz CT molecular complexity index is 551. The molecule has 1 N–H and O–H groups in total. The van der Waals surface area contributed by atoms with E-state index in [1.165, 1.54) is 5.56 Å². The van der Waals surface area contributed by atoms with Crippen LogP contribution in [0.3, 0.4) is 0 Å². The molecule has 2 rings (SSSR count). The molecule has 2 aromatic rings. The lowest BCUT2D eigenvalue weighted by molar-refractivity contribution is 0.204. The molecule has 0 aliphatic carbocycles. The second-order valence-corrected chi connectivity index (χ2v) is 4.73. The van der Waals surface area contributed by atoms with Crippen LogP contribution in [0.1, 0.15) is 17.0 Å². The van der Waals surface area contributed by atoms with Crippen molar-refractivity contribution in [1.29, 1.82) is 0 Å². The van der Waals surface area contributed by atoms with Gasteiger partial charge in [0.2, 0.25) is 0 Å². The molecule has 0 heterocycles. The summed E-state index contributed by atoms with van der Waals surface area (Å²) in [5.74, 6) is 1.48. The molecule has 2 aromatic carbocycles. The van der Waals surface area contributed by atoms with Gasteiger partial charge in [-0.2, -0.15) is 0 Å². The van der Waals surface area contributed by atoms with E-state index in [1.54, 1.807) is 7.11 Å². The van der Waals surface area contributed by atoms with E-state index in [4.69, 9.17) is 9.47 Å². The van der Waals surface area contributed by atoms with E-state index < -0.39 is 0 Å². The minimum absolute atomic E-state index is 0.0256. The van der Waals surface area contributed by atoms with Crippen LogP contribution >= 0.6 is 0 Å². The van der Waals surface area contributed by atoms with Crippen molar-refractivity contribution >= 4 is 0 Å². The van der Waals surface area contributed by atoms with Crippen molar-refractivity contribution in [3.05, 3.63) is 59.7 Å². The number of hydrogen-bond acceptors (Lipinski definition) is 3. The molecule has 0 saturated carbocycles. The molecule has 1 unspecified atom stereocenters. The average molecular weight is 272 g/mol. The van der Waals surface area contributed by atoms with Crippen LogP contribution in [0.5, 0.6) is 11.5 Å². The summed E-state index contributed by atoms with van der Waals surface area (Å²) in [6.07, 6.45) is 0. The molecule has 0 saturated heterocycles. The number of aliphatic hydroxyl groups excluding tert-OH is 1. The average Bonchev–Trinajstić information content (AvgIpc) is 2.49. The second-order valence-electron chi connectivity index (χ2n) is 4.73. The third-order valence-corrected chi connectivity index (χ3v) is 3.34. The van der Waals surface area contributed by atoms with Gasteiger partial charge in [-0.1, -0.05) is 30.3 Å². The Balaban J connectivity index is 2.06. The zero-order valence-corrected chi connectivity index (χ0v) is 11.9. The summed E-state index contributed by atoms with van der Waals surface area (Å²) in [7, 11) is 1.63. The van der Waals surface area contributed by atoms with Gasteiger partial charge < -0.3 is 14.6 Å². The van der Waals surface area contributed by atoms with Crippen LogP contribution < -0.4 is 9.47 Å². The van der Waals surface area contributed by atoms with Crippen molar-refractivity contribution in [2.45, 2.75) is 12.8 Å². The minimum Gasteiger partial charge on any atom is -0.497 e. The molecule has 0 aromatic heterocycles. The van der Waals surface area contributed by atoms with E-state index in [1.807, 2.05) is 55.5 Å². The fourth-order valence-corrected chi connectivity index (χ4v) is 2.17. The molecular weight excluding hydrogens is 252 g/mol. The molecule has 3 heteroatoms. The first-order valence-corrected chi connectivity index (χ1v) is 6.68. The monoisotopic (exact) mass is 272 g/mol. The first kappa shape index (κ1) is 14.4. The van der Waals surface area contributed by atoms with Crippen molar-refractivity contribution in [3.63, 3.8) is 0 Å². The molecule has 0 aliphatic rings. The lowest BCUT2D eigenvalue weighted by Gasteiger charge is -2.18. The first-order chi connectivity index (χ1) is 9.74. The SMILES string of the molecule is COc1cccc(OCC(CO)c2ccccc2C)c1. The van der Waals surface area contributed by atoms with Crippen molar-refractivity contribution in [2.75, 3.05) is 20.3 Å². The smallest absolute Gasteiger partial charge is 0.123 e. The van der Waals surface area contributed by atoms with Gasteiger partial charge in [0.25, 0.3) is 0 Å². The van der Waals surface area contributed by atoms with Gasteiger partial charge in [0.05, 0.1) is 20.3 Å². The van der Waals surface area contributed by atoms with Crippen LogP contribution in [-0.2, 0) is 0 Å². The standard InChI is InChI=1S/C17H20O3/c1-13-6-3-4-9-17(13)14(11-18)12-20-16-8-5-7-15(10-16)19-2/h3-10,14,18H,11-12H2,1-2H3. The number of aliphatic hydroxyl groups is 1. The van der Waals surface area contributed by atoms with Crippen molar-refractivity contribution < 1.29 is 14.6 Å². The predicted molar refractivity (Wildman–Crippen MR) is 79.5 cm³/mol. The number of aryl methyl sites for hydroxylation is 1. The highest BCUT2D eigenvalue weighted by Gasteiger charge is 2.13. The number of hydrogen-bond donors (Lipinski definition) is 1. The molecule has 0 amide bonds. The Morgan fingerprint density at radius 3 is 2.50 bits per heavy atom. The largest absolute Gasteiger partial charge is 0.497 e. The number of benzene rings is 2. The Kier molecular flexibility index (Phi) is 5.02. The van der Waals surface area contributed by atoms with E-state index in [2.05, 4.69) is 0 Å². The van der Waals surface area contributed by atoms with E-state index in [-0.39, 0.29) is 12.5 Å². The Labute approximate surface area is 119 Å². The summed E-state index contributed by atoms with van der Waals surface area (Å²) >= 11 is 0. The van der Waals surface area contributed by atoms with Gasteiger partial charge in [-0.25, -0.2) is 0 Å². The highest BCUT2D eigenvalue weighted by molar-refractivity contribution is 5.33. The number of methoxy groups -OCH3 is 1. The van der Waals surface area contributed by atoms with E-state index in [0.29, 0.717) is 6.61 Å². The van der Waals surface area contributed by atoms with Crippen LogP contribution in [0.2, 0.25) is 0 Å². The van der Waals surface area contributed by atoms with Gasteiger partial charge in [0.15, 0.2) is 0 Å². The molecule has 1 atom stereocenters. The zero-order valence-electron chi connectivity index (χ0n) is 11.9.